The highest BCUT2D eigenvalue weighted by Gasteiger charge is 2.48. The number of rotatable bonds is 5. The first-order valence-corrected chi connectivity index (χ1v) is 9.42. The highest BCUT2D eigenvalue weighted by atomic mass is 16.5. The Hall–Kier alpha value is -4.20. The minimum Gasteiger partial charge on any atom is -0.507 e. The third kappa shape index (κ3) is 3.48. The van der Waals surface area contributed by atoms with E-state index in [1.807, 2.05) is 0 Å². The minimum absolute atomic E-state index is 0.0523. The molecule has 1 atom stereocenters. The zero-order valence-electron chi connectivity index (χ0n) is 16.9. The van der Waals surface area contributed by atoms with Crippen LogP contribution in [0.1, 0.15) is 17.2 Å². The van der Waals surface area contributed by atoms with Crippen LogP contribution in [0.15, 0.2) is 72.6 Å². The van der Waals surface area contributed by atoms with Crippen molar-refractivity contribution in [3.8, 4) is 11.5 Å². The molecule has 3 aromatic rings. The molecule has 1 unspecified atom stereocenters. The van der Waals surface area contributed by atoms with Gasteiger partial charge in [0, 0.05) is 18.0 Å². The van der Waals surface area contributed by atoms with E-state index in [1.54, 1.807) is 54.6 Å². The van der Waals surface area contributed by atoms with Crippen molar-refractivity contribution in [1.82, 2.24) is 9.97 Å². The Kier molecular flexibility index (Phi) is 5.36. The average Bonchev–Trinajstić information content (AvgIpc) is 3.09. The molecule has 1 aliphatic rings. The molecule has 0 spiro atoms. The second-order valence-electron chi connectivity index (χ2n) is 6.70. The van der Waals surface area contributed by atoms with Crippen molar-refractivity contribution in [2.45, 2.75) is 6.04 Å². The fourth-order valence-corrected chi connectivity index (χ4v) is 3.54. The summed E-state index contributed by atoms with van der Waals surface area (Å²) in [5.41, 5.74) is 0.887. The van der Waals surface area contributed by atoms with Gasteiger partial charge in [-0.2, -0.15) is 0 Å². The molecule has 1 saturated heterocycles. The molecule has 0 aliphatic carbocycles. The molecule has 0 radical (unpaired) electrons. The number of hydrogen-bond donors (Lipinski definition) is 1. The molecule has 0 saturated carbocycles. The number of methoxy groups -OCH3 is 2. The van der Waals surface area contributed by atoms with Gasteiger partial charge >= 0.3 is 5.91 Å². The predicted octanol–water partition coefficient (Wildman–Crippen LogP) is 3.12. The molecule has 1 N–H and O–H groups in total. The summed E-state index contributed by atoms with van der Waals surface area (Å²) in [7, 11) is 3.00. The number of amides is 1. The molecular formula is C23H19N3O5. The van der Waals surface area contributed by atoms with Crippen molar-refractivity contribution in [2.75, 3.05) is 19.1 Å². The number of carbonyl (C=O) groups excluding carboxylic acids is 2. The zero-order chi connectivity index (χ0) is 22.0. The van der Waals surface area contributed by atoms with E-state index in [2.05, 4.69) is 9.97 Å². The van der Waals surface area contributed by atoms with Gasteiger partial charge in [0.15, 0.2) is 11.5 Å². The van der Waals surface area contributed by atoms with Crippen LogP contribution < -0.4 is 14.4 Å². The second kappa shape index (κ2) is 8.27. The number of ether oxygens (including phenoxy) is 2. The lowest BCUT2D eigenvalue weighted by Gasteiger charge is -2.24. The standard InChI is InChI=1S/C23H19N3O5/c1-30-16-10-9-15(13-17(16)31-2)19-18(20(27)14-7-4-3-5-8-14)21(28)22(29)26(19)23-24-11-6-12-25-23/h3-13,19,27H,1-2H3/b20-18+. The Bertz CT molecular complexity index is 1160. The van der Waals surface area contributed by atoms with Crippen LogP contribution in [0.5, 0.6) is 11.5 Å². The lowest BCUT2D eigenvalue weighted by atomic mass is 9.95. The molecule has 8 nitrogen and oxygen atoms in total. The van der Waals surface area contributed by atoms with Gasteiger partial charge in [0.2, 0.25) is 5.95 Å². The molecule has 4 rings (SSSR count). The van der Waals surface area contributed by atoms with E-state index < -0.39 is 17.7 Å². The van der Waals surface area contributed by atoms with Gasteiger partial charge < -0.3 is 14.6 Å². The molecule has 1 aromatic heterocycles. The van der Waals surface area contributed by atoms with Crippen molar-refractivity contribution < 1.29 is 24.2 Å². The molecule has 8 heteroatoms. The summed E-state index contributed by atoms with van der Waals surface area (Å²) < 4.78 is 10.7. The van der Waals surface area contributed by atoms with Gasteiger partial charge in [-0.15, -0.1) is 0 Å². The van der Waals surface area contributed by atoms with Crippen molar-refractivity contribution in [3.63, 3.8) is 0 Å². The monoisotopic (exact) mass is 417 g/mol. The Morgan fingerprint density at radius 1 is 0.935 bits per heavy atom. The summed E-state index contributed by atoms with van der Waals surface area (Å²) in [5, 5.41) is 11.0. The van der Waals surface area contributed by atoms with Crippen molar-refractivity contribution in [1.29, 1.82) is 0 Å². The van der Waals surface area contributed by atoms with Crippen molar-refractivity contribution in [2.24, 2.45) is 0 Å². The van der Waals surface area contributed by atoms with Crippen LogP contribution in [0.25, 0.3) is 5.76 Å². The molecule has 1 amide bonds. The third-order valence-corrected chi connectivity index (χ3v) is 4.98. The lowest BCUT2D eigenvalue weighted by Crippen LogP contribution is -2.31. The molecular weight excluding hydrogens is 398 g/mol. The Morgan fingerprint density at radius 2 is 1.61 bits per heavy atom. The molecule has 1 fully saturated rings. The highest BCUT2D eigenvalue weighted by Crippen LogP contribution is 2.43. The minimum atomic E-state index is -0.956. The van der Waals surface area contributed by atoms with Gasteiger partial charge in [0.1, 0.15) is 5.76 Å². The van der Waals surface area contributed by atoms with Gasteiger partial charge in [0.05, 0.1) is 25.8 Å². The number of aromatic nitrogens is 2. The number of aliphatic hydroxyl groups excluding tert-OH is 1. The first-order chi connectivity index (χ1) is 15.1. The molecule has 31 heavy (non-hydrogen) atoms. The van der Waals surface area contributed by atoms with E-state index >= 15 is 0 Å². The van der Waals surface area contributed by atoms with Crippen LogP contribution in [0.2, 0.25) is 0 Å². The van der Waals surface area contributed by atoms with Crippen LogP contribution in [0.3, 0.4) is 0 Å². The number of ketones is 1. The van der Waals surface area contributed by atoms with Crippen molar-refractivity contribution in [3.05, 3.63) is 83.7 Å². The predicted molar refractivity (Wildman–Crippen MR) is 113 cm³/mol. The van der Waals surface area contributed by atoms with Crippen LogP contribution in [-0.2, 0) is 9.59 Å². The third-order valence-electron chi connectivity index (χ3n) is 4.98. The van der Waals surface area contributed by atoms with E-state index in [0.29, 0.717) is 22.6 Å². The summed E-state index contributed by atoms with van der Waals surface area (Å²) in [5.74, 6) is -0.979. The topological polar surface area (TPSA) is 102 Å². The van der Waals surface area contributed by atoms with Gasteiger partial charge in [-0.3, -0.25) is 14.5 Å². The van der Waals surface area contributed by atoms with Crippen LogP contribution in [-0.4, -0.2) is 41.0 Å². The summed E-state index contributed by atoms with van der Waals surface area (Å²) in [6.07, 6.45) is 2.95. The number of hydrogen-bond acceptors (Lipinski definition) is 7. The number of benzene rings is 2. The van der Waals surface area contributed by atoms with E-state index in [9.17, 15) is 14.7 Å². The number of nitrogens with zero attached hydrogens (tertiary/aromatic N) is 3. The molecule has 156 valence electrons. The van der Waals surface area contributed by atoms with Gasteiger partial charge in [-0.05, 0) is 23.8 Å². The summed E-state index contributed by atoms with van der Waals surface area (Å²) in [6.45, 7) is 0. The fourth-order valence-electron chi connectivity index (χ4n) is 3.54. The Morgan fingerprint density at radius 3 is 2.26 bits per heavy atom. The van der Waals surface area contributed by atoms with Crippen LogP contribution in [0, 0.1) is 0 Å². The smallest absolute Gasteiger partial charge is 0.302 e. The first-order valence-electron chi connectivity index (χ1n) is 9.42. The van der Waals surface area contributed by atoms with E-state index in [1.165, 1.54) is 31.5 Å². The summed E-state index contributed by atoms with van der Waals surface area (Å²) >= 11 is 0. The Balaban J connectivity index is 1.96. The largest absolute Gasteiger partial charge is 0.507 e. The number of aliphatic hydroxyl groups is 1. The maximum absolute atomic E-state index is 13.0. The SMILES string of the molecule is COc1ccc(C2/C(=C(\O)c3ccccc3)C(=O)C(=O)N2c2ncccn2)cc1OC. The highest BCUT2D eigenvalue weighted by molar-refractivity contribution is 6.51. The summed E-state index contributed by atoms with van der Waals surface area (Å²) in [6, 6.07) is 14.3. The maximum Gasteiger partial charge on any atom is 0.302 e. The zero-order valence-corrected chi connectivity index (χ0v) is 16.9. The lowest BCUT2D eigenvalue weighted by molar-refractivity contribution is -0.132. The maximum atomic E-state index is 13.0. The second-order valence-corrected chi connectivity index (χ2v) is 6.70. The first kappa shape index (κ1) is 20.1. The molecule has 2 aromatic carbocycles. The molecule has 1 aliphatic heterocycles. The summed E-state index contributed by atoms with van der Waals surface area (Å²) in [4.78, 5) is 35.5. The van der Waals surface area contributed by atoms with Crippen LogP contribution >= 0.6 is 0 Å². The van der Waals surface area contributed by atoms with E-state index in [4.69, 9.17) is 9.47 Å². The average molecular weight is 417 g/mol. The van der Waals surface area contributed by atoms with Crippen LogP contribution in [0.4, 0.5) is 5.95 Å². The molecule has 0 bridgehead atoms. The number of anilines is 1. The van der Waals surface area contributed by atoms with Gasteiger partial charge in [0.25, 0.3) is 5.78 Å². The van der Waals surface area contributed by atoms with Gasteiger partial charge in [-0.25, -0.2) is 9.97 Å². The van der Waals surface area contributed by atoms with Gasteiger partial charge in [-0.1, -0.05) is 36.4 Å². The normalized spacial score (nSPS) is 17.6. The van der Waals surface area contributed by atoms with E-state index in [-0.39, 0.29) is 17.3 Å². The number of Topliss-reactive ketones (excluding diaryl/α,β-unsaturated/α-hetero) is 1. The quantitative estimate of drug-likeness (QED) is 0.387. The fraction of sp³-hybridized carbons (Fsp3) is 0.130. The molecule has 2 heterocycles. The number of carbonyl (C=O) groups is 2. The van der Waals surface area contributed by atoms with Crippen molar-refractivity contribution >= 4 is 23.4 Å². The Labute approximate surface area is 178 Å². The van der Waals surface area contributed by atoms with E-state index in [0.717, 1.165) is 0 Å².